The number of fused-ring (bicyclic) bond motifs is 1. The molecule has 1 aliphatic rings. The van der Waals surface area contributed by atoms with Gasteiger partial charge in [0.05, 0.1) is 11.3 Å². The quantitative estimate of drug-likeness (QED) is 0.925. The van der Waals surface area contributed by atoms with Crippen LogP contribution in [0.4, 0.5) is 0 Å². The number of rotatable bonds is 4. The number of benzene rings is 1. The first-order valence-corrected chi connectivity index (χ1v) is 8.71. The third-order valence-electron chi connectivity index (χ3n) is 4.03. The molecule has 0 amide bonds. The molecule has 1 aromatic carbocycles. The predicted octanol–water partition coefficient (Wildman–Crippen LogP) is 1.35. The number of hydrogen-bond donors (Lipinski definition) is 1. The Hall–Kier alpha value is -1.50. The van der Waals surface area contributed by atoms with Crippen molar-refractivity contribution in [1.29, 1.82) is 0 Å². The third-order valence-corrected chi connectivity index (χ3v) is 5.82. The lowest BCUT2D eigenvalue weighted by atomic mass is 10.1. The maximum Gasteiger partial charge on any atom is 0.218 e. The van der Waals surface area contributed by atoms with E-state index in [9.17, 15) is 8.42 Å². The topological polar surface area (TPSA) is 76.3 Å². The summed E-state index contributed by atoms with van der Waals surface area (Å²) in [5, 5.41) is 0.964. The van der Waals surface area contributed by atoms with Gasteiger partial charge in [0.25, 0.3) is 0 Å². The molecule has 0 bridgehead atoms. The van der Waals surface area contributed by atoms with Crippen LogP contribution < -0.4 is 5.73 Å². The van der Waals surface area contributed by atoms with E-state index in [0.717, 1.165) is 22.9 Å². The van der Waals surface area contributed by atoms with E-state index in [1.54, 1.807) is 10.5 Å². The second-order valence-corrected chi connectivity index (χ2v) is 7.47. The summed E-state index contributed by atoms with van der Waals surface area (Å²) in [5.41, 5.74) is 7.15. The smallest absolute Gasteiger partial charge is 0.218 e. The van der Waals surface area contributed by atoms with Crippen LogP contribution in [0, 0.1) is 5.92 Å². The zero-order chi connectivity index (χ0) is 14.9. The summed E-state index contributed by atoms with van der Waals surface area (Å²) in [6, 6.07) is 9.45. The molecule has 1 unspecified atom stereocenters. The molecular formula is C15H19N3O2S. The van der Waals surface area contributed by atoms with E-state index in [-0.39, 0.29) is 11.7 Å². The standard InChI is InChI=1S/C15H19N3O2S/c16-9-12-6-8-18(10-12)21(19,20)11-14-4-1-3-13-5-2-7-17-15(13)14/h1-5,7,12H,6,8-11,16H2. The summed E-state index contributed by atoms with van der Waals surface area (Å²) in [6.07, 6.45) is 2.54. The average Bonchev–Trinajstić information content (AvgIpc) is 2.97. The fraction of sp³-hybridized carbons (Fsp3) is 0.400. The first-order valence-electron chi connectivity index (χ1n) is 7.10. The summed E-state index contributed by atoms with van der Waals surface area (Å²) in [6.45, 7) is 1.65. The summed E-state index contributed by atoms with van der Waals surface area (Å²) in [5.74, 6) is 0.281. The number of hydrogen-bond acceptors (Lipinski definition) is 4. The highest BCUT2D eigenvalue weighted by Gasteiger charge is 2.31. The van der Waals surface area contributed by atoms with Crippen LogP contribution in [0.5, 0.6) is 0 Å². The molecule has 2 N–H and O–H groups in total. The minimum absolute atomic E-state index is 0.00134. The monoisotopic (exact) mass is 305 g/mol. The Balaban J connectivity index is 1.88. The molecular weight excluding hydrogens is 286 g/mol. The van der Waals surface area contributed by atoms with Gasteiger partial charge < -0.3 is 5.73 Å². The number of aromatic nitrogens is 1. The zero-order valence-electron chi connectivity index (χ0n) is 11.8. The average molecular weight is 305 g/mol. The Morgan fingerprint density at radius 3 is 2.86 bits per heavy atom. The van der Waals surface area contributed by atoms with Gasteiger partial charge in [0.2, 0.25) is 10.0 Å². The van der Waals surface area contributed by atoms with Gasteiger partial charge in [-0.2, -0.15) is 0 Å². The number of pyridine rings is 1. The molecule has 0 spiro atoms. The fourth-order valence-corrected chi connectivity index (χ4v) is 4.44. The van der Waals surface area contributed by atoms with Gasteiger partial charge in [-0.3, -0.25) is 4.98 Å². The van der Waals surface area contributed by atoms with Crippen molar-refractivity contribution in [2.24, 2.45) is 11.7 Å². The van der Waals surface area contributed by atoms with Gasteiger partial charge in [0.15, 0.2) is 0 Å². The Morgan fingerprint density at radius 2 is 2.10 bits per heavy atom. The van der Waals surface area contributed by atoms with E-state index in [1.807, 2.05) is 30.3 Å². The lowest BCUT2D eigenvalue weighted by Gasteiger charge is -2.17. The van der Waals surface area contributed by atoms with Crippen LogP contribution in [0.3, 0.4) is 0 Å². The van der Waals surface area contributed by atoms with Crippen LogP contribution >= 0.6 is 0 Å². The molecule has 0 radical (unpaired) electrons. The summed E-state index contributed by atoms with van der Waals surface area (Å²) < 4.78 is 26.7. The lowest BCUT2D eigenvalue weighted by Crippen LogP contribution is -2.31. The van der Waals surface area contributed by atoms with Crippen LogP contribution in [-0.4, -0.2) is 37.3 Å². The van der Waals surface area contributed by atoms with Crippen LogP contribution in [-0.2, 0) is 15.8 Å². The molecule has 3 rings (SSSR count). The molecule has 0 saturated carbocycles. The van der Waals surface area contributed by atoms with Crippen LogP contribution in [0.25, 0.3) is 10.9 Å². The van der Waals surface area contributed by atoms with Crippen molar-refractivity contribution >= 4 is 20.9 Å². The minimum Gasteiger partial charge on any atom is -0.330 e. The molecule has 1 aromatic heterocycles. The van der Waals surface area contributed by atoms with Crippen molar-refractivity contribution < 1.29 is 8.42 Å². The van der Waals surface area contributed by atoms with Crippen LogP contribution in [0.1, 0.15) is 12.0 Å². The Morgan fingerprint density at radius 1 is 1.29 bits per heavy atom. The van der Waals surface area contributed by atoms with Crippen molar-refractivity contribution in [2.45, 2.75) is 12.2 Å². The van der Waals surface area contributed by atoms with Gasteiger partial charge >= 0.3 is 0 Å². The highest BCUT2D eigenvalue weighted by Crippen LogP contribution is 2.23. The Labute approximate surface area is 124 Å². The summed E-state index contributed by atoms with van der Waals surface area (Å²) in [7, 11) is -3.31. The number of sulfonamides is 1. The zero-order valence-corrected chi connectivity index (χ0v) is 12.6. The molecule has 112 valence electrons. The number of nitrogens with two attached hydrogens (primary N) is 1. The summed E-state index contributed by atoms with van der Waals surface area (Å²) >= 11 is 0. The molecule has 1 aliphatic heterocycles. The van der Waals surface area contributed by atoms with Crippen molar-refractivity contribution in [1.82, 2.24) is 9.29 Å². The largest absolute Gasteiger partial charge is 0.330 e. The van der Waals surface area contributed by atoms with Crippen LogP contribution in [0.15, 0.2) is 36.5 Å². The Kier molecular flexibility index (Phi) is 3.93. The first-order chi connectivity index (χ1) is 10.1. The van der Waals surface area contributed by atoms with E-state index in [4.69, 9.17) is 5.73 Å². The van der Waals surface area contributed by atoms with Gasteiger partial charge in [0.1, 0.15) is 0 Å². The second kappa shape index (κ2) is 5.71. The maximum absolute atomic E-state index is 12.6. The van der Waals surface area contributed by atoms with Crippen molar-refractivity contribution in [3.63, 3.8) is 0 Å². The normalized spacial score (nSPS) is 20.1. The van der Waals surface area contributed by atoms with Gasteiger partial charge in [0, 0.05) is 24.7 Å². The summed E-state index contributed by atoms with van der Waals surface area (Å²) in [4.78, 5) is 4.32. The van der Waals surface area contributed by atoms with Crippen molar-refractivity contribution in [3.05, 3.63) is 42.1 Å². The molecule has 1 fully saturated rings. The minimum atomic E-state index is -3.31. The predicted molar refractivity (Wildman–Crippen MR) is 83.1 cm³/mol. The van der Waals surface area contributed by atoms with Crippen molar-refractivity contribution in [3.8, 4) is 0 Å². The third kappa shape index (κ3) is 2.92. The van der Waals surface area contributed by atoms with E-state index >= 15 is 0 Å². The molecule has 2 aromatic rings. The molecule has 0 aliphatic carbocycles. The number of nitrogens with zero attached hydrogens (tertiary/aromatic N) is 2. The highest BCUT2D eigenvalue weighted by molar-refractivity contribution is 7.88. The molecule has 2 heterocycles. The number of para-hydroxylation sites is 1. The highest BCUT2D eigenvalue weighted by atomic mass is 32.2. The van der Waals surface area contributed by atoms with Gasteiger partial charge in [-0.1, -0.05) is 24.3 Å². The van der Waals surface area contributed by atoms with E-state index in [2.05, 4.69) is 4.98 Å². The Bertz CT molecular complexity index is 740. The van der Waals surface area contributed by atoms with E-state index in [1.165, 1.54) is 0 Å². The molecule has 21 heavy (non-hydrogen) atoms. The lowest BCUT2D eigenvalue weighted by molar-refractivity contribution is 0.458. The van der Waals surface area contributed by atoms with E-state index in [0.29, 0.717) is 19.6 Å². The second-order valence-electron chi connectivity index (χ2n) is 5.50. The van der Waals surface area contributed by atoms with Gasteiger partial charge in [-0.15, -0.1) is 0 Å². The molecule has 5 nitrogen and oxygen atoms in total. The SMILES string of the molecule is NCC1CCN(S(=O)(=O)Cc2cccc3cccnc23)C1. The fourth-order valence-electron chi connectivity index (χ4n) is 2.81. The van der Waals surface area contributed by atoms with Crippen molar-refractivity contribution in [2.75, 3.05) is 19.6 Å². The van der Waals surface area contributed by atoms with E-state index < -0.39 is 10.0 Å². The van der Waals surface area contributed by atoms with Gasteiger partial charge in [-0.05, 0) is 30.5 Å². The van der Waals surface area contributed by atoms with Gasteiger partial charge in [-0.25, -0.2) is 12.7 Å². The molecule has 1 saturated heterocycles. The maximum atomic E-state index is 12.6. The first kappa shape index (κ1) is 14.4. The molecule has 6 heteroatoms. The van der Waals surface area contributed by atoms with Crippen LogP contribution in [0.2, 0.25) is 0 Å². The molecule has 1 atom stereocenters.